The first kappa shape index (κ1) is 16.6. The second-order valence-corrected chi connectivity index (χ2v) is 8.09. The highest BCUT2D eigenvalue weighted by Crippen LogP contribution is 2.44. The number of thiophene rings is 1. The molecule has 0 unspecified atom stereocenters. The molecule has 138 valence electrons. The molecular formula is C21H22N4OS. The fourth-order valence-corrected chi connectivity index (χ4v) is 4.87. The zero-order valence-electron chi connectivity index (χ0n) is 15.5. The molecule has 5 nitrogen and oxygen atoms in total. The molecule has 6 heteroatoms. The van der Waals surface area contributed by atoms with E-state index in [0.717, 1.165) is 54.1 Å². The van der Waals surface area contributed by atoms with Gasteiger partial charge in [-0.15, -0.1) is 11.3 Å². The van der Waals surface area contributed by atoms with Crippen LogP contribution in [0.4, 0.5) is 16.4 Å². The number of nitrogens with zero attached hydrogens (tertiary/aromatic N) is 3. The number of fused-ring (bicyclic) bond motifs is 4. The van der Waals surface area contributed by atoms with Crippen LogP contribution in [0.5, 0.6) is 5.75 Å². The molecule has 0 amide bonds. The fraction of sp³-hybridized carbons (Fsp3) is 0.286. The molecule has 2 aliphatic rings. The summed E-state index contributed by atoms with van der Waals surface area (Å²) in [5, 5.41) is 6.02. The van der Waals surface area contributed by atoms with Gasteiger partial charge in [-0.25, -0.2) is 4.99 Å². The van der Waals surface area contributed by atoms with E-state index < -0.39 is 0 Å². The highest BCUT2D eigenvalue weighted by atomic mass is 32.1. The molecule has 27 heavy (non-hydrogen) atoms. The Morgan fingerprint density at radius 3 is 2.70 bits per heavy atom. The summed E-state index contributed by atoms with van der Waals surface area (Å²) in [7, 11) is 3.89. The highest BCUT2D eigenvalue weighted by molar-refractivity contribution is 7.23. The summed E-state index contributed by atoms with van der Waals surface area (Å²) in [6.45, 7) is 4.09. The summed E-state index contributed by atoms with van der Waals surface area (Å²) in [5.41, 5.74) is 3.26. The second kappa shape index (κ2) is 6.55. The molecular weight excluding hydrogens is 356 g/mol. The van der Waals surface area contributed by atoms with Gasteiger partial charge in [0.2, 0.25) is 0 Å². The van der Waals surface area contributed by atoms with Gasteiger partial charge in [0, 0.05) is 36.3 Å². The molecule has 3 aromatic rings. The van der Waals surface area contributed by atoms with E-state index in [1.807, 2.05) is 12.1 Å². The minimum Gasteiger partial charge on any atom is -0.497 e. The minimum atomic E-state index is 0.886. The third-order valence-electron chi connectivity index (χ3n) is 5.30. The van der Waals surface area contributed by atoms with Gasteiger partial charge in [-0.1, -0.05) is 12.1 Å². The largest absolute Gasteiger partial charge is 0.497 e. The molecule has 0 bridgehead atoms. The summed E-state index contributed by atoms with van der Waals surface area (Å²) in [6, 6.07) is 14.6. The van der Waals surface area contributed by atoms with E-state index in [-0.39, 0.29) is 0 Å². The lowest BCUT2D eigenvalue weighted by molar-refractivity contribution is 0.216. The molecule has 0 aliphatic carbocycles. The van der Waals surface area contributed by atoms with Crippen LogP contribution in [0.15, 0.2) is 47.5 Å². The standard InChI is InChI=1S/C21H22N4OS/c1-24-9-11-25(12-10-24)20-19-15-8-7-14(26-2)13-18(15)27-21(19)23-17-6-4-3-5-16(17)22-20/h3-8,13,23H,9-12H2,1-2H3. The van der Waals surface area contributed by atoms with Crippen LogP contribution in [-0.2, 0) is 0 Å². The van der Waals surface area contributed by atoms with Crippen molar-refractivity contribution < 1.29 is 4.74 Å². The number of likely N-dealkylation sites (N-methyl/N-ethyl adjacent to an activating group) is 1. The zero-order chi connectivity index (χ0) is 18.4. The normalized spacial score (nSPS) is 17.0. The second-order valence-electron chi connectivity index (χ2n) is 7.04. The Labute approximate surface area is 162 Å². The Morgan fingerprint density at radius 2 is 1.89 bits per heavy atom. The lowest BCUT2D eigenvalue weighted by atomic mass is 10.1. The van der Waals surface area contributed by atoms with Crippen LogP contribution in [0, 0.1) is 0 Å². The lowest BCUT2D eigenvalue weighted by Gasteiger charge is -2.34. The zero-order valence-corrected chi connectivity index (χ0v) is 16.3. The maximum atomic E-state index is 5.43. The number of rotatable bonds is 1. The molecule has 1 fully saturated rings. The van der Waals surface area contributed by atoms with Crippen LogP contribution in [-0.4, -0.2) is 56.0 Å². The van der Waals surface area contributed by atoms with Gasteiger partial charge >= 0.3 is 0 Å². The van der Waals surface area contributed by atoms with Gasteiger partial charge in [0.1, 0.15) is 16.6 Å². The highest BCUT2D eigenvalue weighted by Gasteiger charge is 2.27. The number of piperazine rings is 1. The SMILES string of the molecule is COc1ccc2c3c(sc2c1)Nc1ccccc1N=C3N1CCN(C)CC1. The first-order valence-corrected chi connectivity index (χ1v) is 10.0. The number of nitrogens with one attached hydrogen (secondary N) is 1. The molecule has 2 aromatic carbocycles. The molecule has 0 atom stereocenters. The number of benzene rings is 2. The maximum Gasteiger partial charge on any atom is 0.140 e. The number of anilines is 2. The van der Waals surface area contributed by atoms with Crippen molar-refractivity contribution in [1.29, 1.82) is 0 Å². The van der Waals surface area contributed by atoms with Gasteiger partial charge in [-0.05, 0) is 37.4 Å². The van der Waals surface area contributed by atoms with Gasteiger partial charge in [0.05, 0.1) is 24.0 Å². The number of hydrogen-bond acceptors (Lipinski definition) is 6. The van der Waals surface area contributed by atoms with Crippen molar-refractivity contribution in [2.75, 3.05) is 45.7 Å². The van der Waals surface area contributed by atoms with Crippen LogP contribution >= 0.6 is 11.3 Å². The van der Waals surface area contributed by atoms with E-state index in [9.17, 15) is 0 Å². The average Bonchev–Trinajstić information content (AvgIpc) is 2.96. The molecule has 5 rings (SSSR count). The third kappa shape index (κ3) is 2.85. The topological polar surface area (TPSA) is 40.1 Å². The maximum absolute atomic E-state index is 5.43. The van der Waals surface area contributed by atoms with Gasteiger partial charge in [-0.3, -0.25) is 0 Å². The molecule has 2 aliphatic heterocycles. The number of ether oxygens (including phenoxy) is 1. The quantitative estimate of drug-likeness (QED) is 0.686. The van der Waals surface area contributed by atoms with Crippen LogP contribution in [0.25, 0.3) is 10.1 Å². The monoisotopic (exact) mass is 378 g/mol. The third-order valence-corrected chi connectivity index (χ3v) is 6.37. The van der Waals surface area contributed by atoms with Crippen molar-refractivity contribution in [2.24, 2.45) is 4.99 Å². The summed E-state index contributed by atoms with van der Waals surface area (Å²) >= 11 is 1.77. The van der Waals surface area contributed by atoms with E-state index >= 15 is 0 Å². The minimum absolute atomic E-state index is 0.886. The van der Waals surface area contributed by atoms with Crippen molar-refractivity contribution >= 4 is 43.6 Å². The first-order chi connectivity index (χ1) is 13.2. The van der Waals surface area contributed by atoms with E-state index in [2.05, 4.69) is 52.5 Å². The van der Waals surface area contributed by atoms with Crippen molar-refractivity contribution in [2.45, 2.75) is 0 Å². The van der Waals surface area contributed by atoms with Gasteiger partial charge in [0.15, 0.2) is 0 Å². The molecule has 1 N–H and O–H groups in total. The molecule has 0 saturated carbocycles. The van der Waals surface area contributed by atoms with Crippen LogP contribution in [0.1, 0.15) is 5.56 Å². The number of methoxy groups -OCH3 is 1. The van der Waals surface area contributed by atoms with Crippen LogP contribution in [0.2, 0.25) is 0 Å². The van der Waals surface area contributed by atoms with Crippen molar-refractivity contribution in [3.63, 3.8) is 0 Å². The molecule has 3 heterocycles. The smallest absolute Gasteiger partial charge is 0.140 e. The summed E-state index contributed by atoms with van der Waals surface area (Å²) in [4.78, 5) is 9.93. The first-order valence-electron chi connectivity index (χ1n) is 9.22. The Balaban J connectivity index is 1.71. The van der Waals surface area contributed by atoms with E-state index in [4.69, 9.17) is 9.73 Å². The Morgan fingerprint density at radius 1 is 1.07 bits per heavy atom. The summed E-state index contributed by atoms with van der Waals surface area (Å²) in [5.74, 6) is 1.96. The number of amidine groups is 1. The van der Waals surface area contributed by atoms with Gasteiger partial charge in [-0.2, -0.15) is 0 Å². The van der Waals surface area contributed by atoms with Crippen molar-refractivity contribution in [3.8, 4) is 5.75 Å². The van der Waals surface area contributed by atoms with E-state index in [0.29, 0.717) is 0 Å². The van der Waals surface area contributed by atoms with Crippen molar-refractivity contribution in [1.82, 2.24) is 9.80 Å². The van der Waals surface area contributed by atoms with Crippen molar-refractivity contribution in [3.05, 3.63) is 48.0 Å². The molecule has 1 aromatic heterocycles. The molecule has 1 saturated heterocycles. The van der Waals surface area contributed by atoms with E-state index in [1.54, 1.807) is 18.4 Å². The Kier molecular flexibility index (Phi) is 4.02. The number of aliphatic imine (C=N–C) groups is 1. The average molecular weight is 379 g/mol. The predicted molar refractivity (Wildman–Crippen MR) is 113 cm³/mol. The fourth-order valence-electron chi connectivity index (χ4n) is 3.73. The van der Waals surface area contributed by atoms with Gasteiger partial charge < -0.3 is 19.9 Å². The molecule has 0 spiro atoms. The lowest BCUT2D eigenvalue weighted by Crippen LogP contribution is -2.47. The summed E-state index contributed by atoms with van der Waals surface area (Å²) in [6.07, 6.45) is 0. The Hall–Kier alpha value is -2.57. The van der Waals surface area contributed by atoms with Crippen LogP contribution in [0.3, 0.4) is 0 Å². The molecule has 0 radical (unpaired) electrons. The van der Waals surface area contributed by atoms with Crippen LogP contribution < -0.4 is 10.1 Å². The van der Waals surface area contributed by atoms with Gasteiger partial charge in [0.25, 0.3) is 0 Å². The number of hydrogen-bond donors (Lipinski definition) is 1. The Bertz CT molecular complexity index is 1030. The predicted octanol–water partition coefficient (Wildman–Crippen LogP) is 4.29. The summed E-state index contributed by atoms with van der Waals surface area (Å²) < 4.78 is 6.65. The van der Waals surface area contributed by atoms with E-state index in [1.165, 1.54) is 15.6 Å². The number of para-hydroxylation sites is 2.